The number of fused-ring (bicyclic) bond motifs is 1. The first-order chi connectivity index (χ1) is 8.33. The van der Waals surface area contributed by atoms with Crippen molar-refractivity contribution in [1.82, 2.24) is 0 Å². The number of anilines is 1. The number of carbonyl (C=O) groups excluding carboxylic acids is 1. The average molecular weight is 249 g/mol. The van der Waals surface area contributed by atoms with E-state index < -0.39 is 11.4 Å². The maximum atomic E-state index is 12.2. The predicted molar refractivity (Wildman–Crippen MR) is 66.1 cm³/mol. The molecule has 0 aromatic heterocycles. The molecule has 18 heavy (non-hydrogen) atoms. The van der Waals surface area contributed by atoms with Crippen LogP contribution in [0.15, 0.2) is 18.2 Å². The van der Waals surface area contributed by atoms with Crippen LogP contribution in [0.25, 0.3) is 0 Å². The van der Waals surface area contributed by atoms with E-state index >= 15 is 0 Å². The van der Waals surface area contributed by atoms with Gasteiger partial charge in [-0.05, 0) is 32.0 Å². The molecular formula is C13H15NO4. The van der Waals surface area contributed by atoms with Crippen molar-refractivity contribution in [1.29, 1.82) is 0 Å². The Bertz CT molecular complexity index is 522. The first-order valence-corrected chi connectivity index (χ1v) is 5.61. The fourth-order valence-corrected chi connectivity index (χ4v) is 1.92. The second-order valence-corrected chi connectivity index (χ2v) is 5.02. The van der Waals surface area contributed by atoms with Crippen molar-refractivity contribution in [2.45, 2.75) is 13.8 Å². The molecule has 0 fully saturated rings. The first kappa shape index (κ1) is 12.4. The molecule has 0 saturated heterocycles. The molecule has 1 N–H and O–H groups in total. The lowest BCUT2D eigenvalue weighted by Gasteiger charge is -2.24. The Balaban J connectivity index is 2.52. The largest absolute Gasteiger partial charge is 0.490 e. The van der Waals surface area contributed by atoms with E-state index in [1.165, 1.54) is 17.0 Å². The number of ether oxygens (including phenoxy) is 1. The van der Waals surface area contributed by atoms with Gasteiger partial charge in [0, 0.05) is 7.05 Å². The molecule has 1 amide bonds. The van der Waals surface area contributed by atoms with E-state index in [1.54, 1.807) is 27.0 Å². The Morgan fingerprint density at radius 2 is 2.11 bits per heavy atom. The number of rotatable bonds is 1. The van der Waals surface area contributed by atoms with Crippen LogP contribution >= 0.6 is 0 Å². The summed E-state index contributed by atoms with van der Waals surface area (Å²) >= 11 is 0. The maximum Gasteiger partial charge on any atom is 0.335 e. The second kappa shape index (κ2) is 4.01. The van der Waals surface area contributed by atoms with Gasteiger partial charge in [-0.1, -0.05) is 0 Å². The fraction of sp³-hybridized carbons (Fsp3) is 0.385. The van der Waals surface area contributed by atoms with Gasteiger partial charge in [0.2, 0.25) is 5.91 Å². The summed E-state index contributed by atoms with van der Waals surface area (Å²) in [7, 11) is 1.63. The molecule has 1 aliphatic rings. The minimum absolute atomic E-state index is 0.0937. The van der Waals surface area contributed by atoms with Gasteiger partial charge in [0.25, 0.3) is 0 Å². The second-order valence-electron chi connectivity index (χ2n) is 5.02. The molecule has 0 bridgehead atoms. The Kier molecular flexibility index (Phi) is 2.77. The summed E-state index contributed by atoms with van der Waals surface area (Å²) in [5.41, 5.74) is -0.000801. The number of benzene rings is 1. The van der Waals surface area contributed by atoms with Crippen molar-refractivity contribution in [3.05, 3.63) is 23.8 Å². The van der Waals surface area contributed by atoms with Crippen LogP contribution in [0.3, 0.4) is 0 Å². The molecule has 0 atom stereocenters. The summed E-state index contributed by atoms with van der Waals surface area (Å²) in [4.78, 5) is 24.6. The Labute approximate surface area is 105 Å². The first-order valence-electron chi connectivity index (χ1n) is 5.61. The van der Waals surface area contributed by atoms with Crippen molar-refractivity contribution in [3.63, 3.8) is 0 Å². The highest BCUT2D eigenvalue weighted by molar-refractivity contribution is 6.00. The minimum atomic E-state index is -1.03. The van der Waals surface area contributed by atoms with Gasteiger partial charge in [-0.2, -0.15) is 0 Å². The molecule has 5 heteroatoms. The molecule has 1 aromatic rings. The number of hydrogen-bond acceptors (Lipinski definition) is 3. The summed E-state index contributed by atoms with van der Waals surface area (Å²) < 4.78 is 5.58. The van der Waals surface area contributed by atoms with Gasteiger partial charge in [0.1, 0.15) is 12.4 Å². The molecule has 0 saturated carbocycles. The lowest BCUT2D eigenvalue weighted by molar-refractivity contribution is -0.127. The number of carboxylic acids is 1. The lowest BCUT2D eigenvalue weighted by Crippen LogP contribution is -2.39. The molecule has 0 spiro atoms. The molecular weight excluding hydrogens is 234 g/mol. The quantitative estimate of drug-likeness (QED) is 0.823. The van der Waals surface area contributed by atoms with Crippen LogP contribution in [0.1, 0.15) is 24.2 Å². The van der Waals surface area contributed by atoms with E-state index in [-0.39, 0.29) is 18.1 Å². The SMILES string of the molecule is CN1C(=O)C(C)(C)COc2ccc(C(=O)O)cc21. The van der Waals surface area contributed by atoms with Crippen LogP contribution in [0, 0.1) is 5.41 Å². The third-order valence-corrected chi connectivity index (χ3v) is 3.04. The van der Waals surface area contributed by atoms with Crippen molar-refractivity contribution >= 4 is 17.6 Å². The molecule has 2 rings (SSSR count). The summed E-state index contributed by atoms with van der Waals surface area (Å²) in [6, 6.07) is 4.51. The van der Waals surface area contributed by atoms with E-state index in [4.69, 9.17) is 9.84 Å². The smallest absolute Gasteiger partial charge is 0.335 e. The average Bonchev–Trinajstić information content (AvgIpc) is 2.41. The molecule has 1 heterocycles. The Morgan fingerprint density at radius 3 is 2.72 bits per heavy atom. The maximum absolute atomic E-state index is 12.2. The van der Waals surface area contributed by atoms with E-state index in [2.05, 4.69) is 0 Å². The van der Waals surface area contributed by atoms with E-state index in [0.29, 0.717) is 11.4 Å². The summed E-state index contributed by atoms with van der Waals surface area (Å²) in [5.74, 6) is -0.590. The number of amides is 1. The van der Waals surface area contributed by atoms with Crippen LogP contribution in [0.5, 0.6) is 5.75 Å². The zero-order chi connectivity index (χ0) is 13.5. The van der Waals surface area contributed by atoms with Gasteiger partial charge in [0.05, 0.1) is 16.7 Å². The number of nitrogens with zero attached hydrogens (tertiary/aromatic N) is 1. The van der Waals surface area contributed by atoms with Gasteiger partial charge in [-0.25, -0.2) is 4.79 Å². The van der Waals surface area contributed by atoms with Gasteiger partial charge in [0.15, 0.2) is 0 Å². The normalized spacial score (nSPS) is 17.7. The van der Waals surface area contributed by atoms with Crippen molar-refractivity contribution in [2.75, 3.05) is 18.6 Å². The minimum Gasteiger partial charge on any atom is -0.490 e. The molecule has 0 radical (unpaired) electrons. The third-order valence-electron chi connectivity index (χ3n) is 3.04. The zero-order valence-corrected chi connectivity index (χ0v) is 10.6. The van der Waals surface area contributed by atoms with Gasteiger partial charge < -0.3 is 14.7 Å². The van der Waals surface area contributed by atoms with Crippen LogP contribution in [-0.4, -0.2) is 30.6 Å². The third kappa shape index (κ3) is 1.92. The highest BCUT2D eigenvalue weighted by Crippen LogP contribution is 2.36. The summed E-state index contributed by atoms with van der Waals surface area (Å²) in [5, 5.41) is 8.97. The van der Waals surface area contributed by atoms with Gasteiger partial charge in [-0.15, -0.1) is 0 Å². The fourth-order valence-electron chi connectivity index (χ4n) is 1.92. The van der Waals surface area contributed by atoms with Crippen molar-refractivity contribution < 1.29 is 19.4 Å². The Morgan fingerprint density at radius 1 is 1.44 bits per heavy atom. The van der Waals surface area contributed by atoms with Crippen LogP contribution < -0.4 is 9.64 Å². The lowest BCUT2D eigenvalue weighted by atomic mass is 9.93. The van der Waals surface area contributed by atoms with Crippen LogP contribution in [0.2, 0.25) is 0 Å². The molecule has 1 aromatic carbocycles. The van der Waals surface area contributed by atoms with Crippen molar-refractivity contribution in [2.24, 2.45) is 5.41 Å². The molecule has 96 valence electrons. The highest BCUT2D eigenvalue weighted by Gasteiger charge is 2.36. The zero-order valence-electron chi connectivity index (χ0n) is 10.6. The van der Waals surface area contributed by atoms with Crippen molar-refractivity contribution in [3.8, 4) is 5.75 Å². The highest BCUT2D eigenvalue weighted by atomic mass is 16.5. The van der Waals surface area contributed by atoms with E-state index in [1.807, 2.05) is 0 Å². The number of carbonyl (C=O) groups is 2. The van der Waals surface area contributed by atoms with E-state index in [0.717, 1.165) is 0 Å². The number of hydrogen-bond donors (Lipinski definition) is 1. The van der Waals surface area contributed by atoms with Crippen LogP contribution in [0.4, 0.5) is 5.69 Å². The van der Waals surface area contributed by atoms with Gasteiger partial charge in [-0.3, -0.25) is 4.79 Å². The monoisotopic (exact) mass is 249 g/mol. The predicted octanol–water partition coefficient (Wildman–Crippen LogP) is 1.77. The standard InChI is InChI=1S/C13H15NO4/c1-13(2)7-18-10-5-4-8(11(15)16)6-9(10)14(3)12(13)17/h4-6H,7H2,1-3H3,(H,15,16). The number of carboxylic acid groups (broad SMARTS) is 1. The molecule has 5 nitrogen and oxygen atoms in total. The van der Waals surface area contributed by atoms with Gasteiger partial charge >= 0.3 is 5.97 Å². The summed E-state index contributed by atoms with van der Waals surface area (Å²) in [6.07, 6.45) is 0. The number of aromatic carboxylic acids is 1. The molecule has 1 aliphatic heterocycles. The molecule has 0 unspecified atom stereocenters. The Hall–Kier alpha value is -2.04. The summed E-state index contributed by atoms with van der Waals surface area (Å²) in [6.45, 7) is 3.88. The molecule has 0 aliphatic carbocycles. The topological polar surface area (TPSA) is 66.8 Å². The van der Waals surface area contributed by atoms with E-state index in [9.17, 15) is 9.59 Å². The van der Waals surface area contributed by atoms with Crippen LogP contribution in [-0.2, 0) is 4.79 Å².